The van der Waals surface area contributed by atoms with Gasteiger partial charge in [-0.2, -0.15) is 0 Å². The van der Waals surface area contributed by atoms with Gasteiger partial charge in [-0.3, -0.25) is 0 Å². The molecule has 3 heteroatoms. The Morgan fingerprint density at radius 2 is 2.00 bits per heavy atom. The van der Waals surface area contributed by atoms with Crippen LogP contribution in [0.1, 0.15) is 25.7 Å². The molecule has 1 saturated carbocycles. The highest BCUT2D eigenvalue weighted by Gasteiger charge is 2.19. The number of pyridine rings is 1. The van der Waals surface area contributed by atoms with E-state index >= 15 is 0 Å². The summed E-state index contributed by atoms with van der Waals surface area (Å²) in [5, 5.41) is 3.82. The van der Waals surface area contributed by atoms with Crippen molar-refractivity contribution in [2.24, 2.45) is 0 Å². The molecule has 14 heavy (non-hydrogen) atoms. The highest BCUT2D eigenvalue weighted by atomic mass is 35.5. The zero-order valence-electron chi connectivity index (χ0n) is 8.12. The number of alkyl halides is 1. The lowest BCUT2D eigenvalue weighted by atomic mass is 9.95. The number of hydrogen-bond acceptors (Lipinski definition) is 2. The molecule has 0 aliphatic heterocycles. The summed E-state index contributed by atoms with van der Waals surface area (Å²) in [6.45, 7) is 0. The molecule has 0 amide bonds. The van der Waals surface area contributed by atoms with Crippen LogP contribution in [0.15, 0.2) is 24.4 Å². The molecule has 2 rings (SSSR count). The number of halogens is 1. The van der Waals surface area contributed by atoms with Gasteiger partial charge in [0.05, 0.1) is 0 Å². The average Bonchev–Trinajstić information content (AvgIpc) is 2.23. The maximum Gasteiger partial charge on any atom is 0.126 e. The van der Waals surface area contributed by atoms with Gasteiger partial charge in [0.15, 0.2) is 0 Å². The molecule has 0 spiro atoms. The fraction of sp³-hybridized carbons (Fsp3) is 0.545. The second kappa shape index (κ2) is 4.65. The summed E-state index contributed by atoms with van der Waals surface area (Å²) in [5.74, 6) is 0.977. The van der Waals surface area contributed by atoms with E-state index in [1.807, 2.05) is 24.4 Å². The van der Waals surface area contributed by atoms with E-state index < -0.39 is 0 Å². The highest BCUT2D eigenvalue weighted by Crippen LogP contribution is 2.24. The molecule has 0 unspecified atom stereocenters. The summed E-state index contributed by atoms with van der Waals surface area (Å²) >= 11 is 6.04. The maximum absolute atomic E-state index is 6.04. The SMILES string of the molecule is ClC1CCC(Nc2ccccn2)CC1. The summed E-state index contributed by atoms with van der Waals surface area (Å²) in [6, 6.07) is 6.50. The Balaban J connectivity index is 1.87. The second-order valence-electron chi connectivity index (χ2n) is 3.81. The van der Waals surface area contributed by atoms with Crippen molar-refractivity contribution < 1.29 is 0 Å². The first-order chi connectivity index (χ1) is 6.84. The van der Waals surface area contributed by atoms with Gasteiger partial charge in [0, 0.05) is 17.6 Å². The molecule has 0 bridgehead atoms. The Morgan fingerprint density at radius 1 is 1.21 bits per heavy atom. The molecule has 2 nitrogen and oxygen atoms in total. The van der Waals surface area contributed by atoms with Crippen molar-refractivity contribution in [1.29, 1.82) is 0 Å². The van der Waals surface area contributed by atoms with Crippen LogP contribution in [0.5, 0.6) is 0 Å². The molecule has 1 aliphatic carbocycles. The number of rotatable bonds is 2. The molecule has 0 radical (unpaired) electrons. The molecule has 0 aromatic carbocycles. The van der Waals surface area contributed by atoms with Gasteiger partial charge in [-0.15, -0.1) is 11.6 Å². The smallest absolute Gasteiger partial charge is 0.126 e. The lowest BCUT2D eigenvalue weighted by Gasteiger charge is -2.26. The molecule has 1 N–H and O–H groups in total. The van der Waals surface area contributed by atoms with Crippen LogP contribution in [-0.4, -0.2) is 16.4 Å². The fourth-order valence-electron chi connectivity index (χ4n) is 1.85. The first kappa shape index (κ1) is 9.78. The van der Waals surface area contributed by atoms with Gasteiger partial charge in [0.2, 0.25) is 0 Å². The number of hydrogen-bond donors (Lipinski definition) is 1. The van der Waals surface area contributed by atoms with E-state index in [4.69, 9.17) is 11.6 Å². The average molecular weight is 211 g/mol. The number of aromatic nitrogens is 1. The molecule has 1 fully saturated rings. The first-order valence-corrected chi connectivity index (χ1v) is 5.60. The van der Waals surface area contributed by atoms with Gasteiger partial charge in [-0.05, 0) is 37.8 Å². The molecule has 1 aromatic rings. The Kier molecular flexibility index (Phi) is 3.25. The largest absolute Gasteiger partial charge is 0.367 e. The quantitative estimate of drug-likeness (QED) is 0.759. The molecule has 1 aliphatic rings. The molecule has 76 valence electrons. The molecule has 0 saturated heterocycles. The van der Waals surface area contributed by atoms with Crippen LogP contribution in [0.2, 0.25) is 0 Å². The third-order valence-electron chi connectivity index (χ3n) is 2.67. The van der Waals surface area contributed by atoms with Gasteiger partial charge < -0.3 is 5.32 Å². The molecular formula is C11H15ClN2. The summed E-state index contributed by atoms with van der Waals surface area (Å²) in [6.07, 6.45) is 6.36. The van der Waals surface area contributed by atoms with E-state index in [0.29, 0.717) is 11.4 Å². The minimum Gasteiger partial charge on any atom is -0.367 e. The fourth-order valence-corrected chi connectivity index (χ4v) is 2.11. The van der Waals surface area contributed by atoms with Crippen LogP contribution in [0.25, 0.3) is 0 Å². The van der Waals surface area contributed by atoms with Crippen molar-refractivity contribution in [3.63, 3.8) is 0 Å². The van der Waals surface area contributed by atoms with E-state index in [1.54, 1.807) is 0 Å². The second-order valence-corrected chi connectivity index (χ2v) is 4.43. The van der Waals surface area contributed by atoms with E-state index in [2.05, 4.69) is 10.3 Å². The maximum atomic E-state index is 6.04. The van der Waals surface area contributed by atoms with E-state index in [-0.39, 0.29) is 0 Å². The Labute approximate surface area is 89.7 Å². The van der Waals surface area contributed by atoms with Crippen molar-refractivity contribution in [3.05, 3.63) is 24.4 Å². The highest BCUT2D eigenvalue weighted by molar-refractivity contribution is 6.20. The first-order valence-electron chi connectivity index (χ1n) is 5.16. The molecule has 1 heterocycles. The predicted octanol–water partition coefficient (Wildman–Crippen LogP) is 3.04. The van der Waals surface area contributed by atoms with Crippen LogP contribution in [0, 0.1) is 0 Å². The summed E-state index contributed by atoms with van der Waals surface area (Å²) in [4.78, 5) is 4.25. The molecule has 1 aromatic heterocycles. The zero-order valence-corrected chi connectivity index (χ0v) is 8.87. The lowest BCUT2D eigenvalue weighted by Crippen LogP contribution is -2.26. The zero-order chi connectivity index (χ0) is 9.80. The van der Waals surface area contributed by atoms with Crippen LogP contribution in [0.4, 0.5) is 5.82 Å². The van der Waals surface area contributed by atoms with Gasteiger partial charge in [0.25, 0.3) is 0 Å². The minimum absolute atomic E-state index is 0.386. The Morgan fingerprint density at radius 3 is 2.64 bits per heavy atom. The lowest BCUT2D eigenvalue weighted by molar-refractivity contribution is 0.467. The van der Waals surface area contributed by atoms with Crippen molar-refractivity contribution in [1.82, 2.24) is 4.98 Å². The Hall–Kier alpha value is -0.760. The van der Waals surface area contributed by atoms with Crippen molar-refractivity contribution in [2.45, 2.75) is 37.1 Å². The Bertz CT molecular complexity index is 268. The summed E-state index contributed by atoms with van der Waals surface area (Å²) in [7, 11) is 0. The van der Waals surface area contributed by atoms with Crippen LogP contribution < -0.4 is 5.32 Å². The molecular weight excluding hydrogens is 196 g/mol. The molecule has 0 atom stereocenters. The summed E-state index contributed by atoms with van der Waals surface area (Å²) in [5.41, 5.74) is 0. The van der Waals surface area contributed by atoms with E-state index in [1.165, 1.54) is 0 Å². The van der Waals surface area contributed by atoms with Gasteiger partial charge >= 0.3 is 0 Å². The van der Waals surface area contributed by atoms with Gasteiger partial charge in [-0.1, -0.05) is 6.07 Å². The topological polar surface area (TPSA) is 24.9 Å². The standard InChI is InChI=1S/C11H15ClN2/c12-9-4-6-10(7-5-9)14-11-3-1-2-8-13-11/h1-3,8-10H,4-7H2,(H,13,14). The predicted molar refractivity (Wildman–Crippen MR) is 59.8 cm³/mol. The number of nitrogens with zero attached hydrogens (tertiary/aromatic N) is 1. The van der Waals surface area contributed by atoms with Crippen molar-refractivity contribution in [3.8, 4) is 0 Å². The minimum atomic E-state index is 0.386. The van der Waals surface area contributed by atoms with Crippen molar-refractivity contribution >= 4 is 17.4 Å². The summed E-state index contributed by atoms with van der Waals surface area (Å²) < 4.78 is 0. The number of nitrogens with one attached hydrogen (secondary N) is 1. The van der Waals surface area contributed by atoms with Gasteiger partial charge in [-0.25, -0.2) is 4.98 Å². The normalized spacial score (nSPS) is 27.2. The number of anilines is 1. The van der Waals surface area contributed by atoms with Crippen LogP contribution in [-0.2, 0) is 0 Å². The van der Waals surface area contributed by atoms with Crippen LogP contribution >= 0.6 is 11.6 Å². The van der Waals surface area contributed by atoms with E-state index in [0.717, 1.165) is 31.5 Å². The monoisotopic (exact) mass is 210 g/mol. The van der Waals surface area contributed by atoms with Gasteiger partial charge in [0.1, 0.15) is 5.82 Å². The third kappa shape index (κ3) is 2.61. The van der Waals surface area contributed by atoms with Crippen LogP contribution in [0.3, 0.4) is 0 Å². The van der Waals surface area contributed by atoms with Crippen molar-refractivity contribution in [2.75, 3.05) is 5.32 Å². The van der Waals surface area contributed by atoms with E-state index in [9.17, 15) is 0 Å². The third-order valence-corrected chi connectivity index (χ3v) is 3.11.